The zero-order valence-electron chi connectivity index (χ0n) is 10.4. The zero-order chi connectivity index (χ0) is 13.8. The molecule has 0 heterocycles. The third-order valence-electron chi connectivity index (χ3n) is 2.67. The van der Waals surface area contributed by atoms with Gasteiger partial charge in [-0.25, -0.2) is 0 Å². The molecule has 2 rings (SSSR count). The SMILES string of the molecule is CCC(=O)c1ccc(Oc2ccccc2)c(I)c1O. The number of halogens is 1. The lowest BCUT2D eigenvalue weighted by molar-refractivity contribution is 0.0985. The van der Waals surface area contributed by atoms with Gasteiger partial charge in [-0.3, -0.25) is 4.79 Å². The predicted molar refractivity (Wildman–Crippen MR) is 82.0 cm³/mol. The number of ketones is 1. The van der Waals surface area contributed by atoms with E-state index in [0.29, 0.717) is 27.1 Å². The third-order valence-corrected chi connectivity index (χ3v) is 3.72. The standard InChI is InChI=1S/C15H13IO3/c1-2-12(17)11-8-9-13(14(16)15(11)18)19-10-6-4-3-5-7-10/h3-9,18H,2H2,1H3. The van der Waals surface area contributed by atoms with Gasteiger partial charge in [-0.15, -0.1) is 0 Å². The summed E-state index contributed by atoms with van der Waals surface area (Å²) in [7, 11) is 0. The number of rotatable bonds is 4. The van der Waals surface area contributed by atoms with Crippen LogP contribution in [-0.4, -0.2) is 10.9 Å². The molecule has 0 saturated carbocycles. The molecule has 0 saturated heterocycles. The fourth-order valence-corrected chi connectivity index (χ4v) is 2.24. The van der Waals surface area contributed by atoms with E-state index < -0.39 is 0 Å². The first kappa shape index (κ1) is 13.9. The van der Waals surface area contributed by atoms with Crippen LogP contribution in [0.15, 0.2) is 42.5 Å². The van der Waals surface area contributed by atoms with Gasteiger partial charge in [-0.2, -0.15) is 0 Å². The van der Waals surface area contributed by atoms with E-state index in [1.807, 2.05) is 52.9 Å². The lowest BCUT2D eigenvalue weighted by Gasteiger charge is -2.11. The van der Waals surface area contributed by atoms with E-state index in [1.165, 1.54) is 0 Å². The van der Waals surface area contributed by atoms with E-state index in [4.69, 9.17) is 4.74 Å². The molecule has 98 valence electrons. The van der Waals surface area contributed by atoms with Crippen molar-refractivity contribution in [2.75, 3.05) is 0 Å². The molecule has 0 spiro atoms. The number of benzene rings is 2. The Morgan fingerprint density at radius 2 is 1.89 bits per heavy atom. The van der Waals surface area contributed by atoms with Crippen molar-refractivity contribution < 1.29 is 14.6 Å². The van der Waals surface area contributed by atoms with Gasteiger partial charge in [-0.1, -0.05) is 25.1 Å². The molecular formula is C15H13IO3. The molecule has 1 N–H and O–H groups in total. The van der Waals surface area contributed by atoms with Crippen molar-refractivity contribution in [1.82, 2.24) is 0 Å². The van der Waals surface area contributed by atoms with Crippen LogP contribution in [0.5, 0.6) is 17.2 Å². The van der Waals surface area contributed by atoms with Crippen LogP contribution in [0.25, 0.3) is 0 Å². The number of para-hydroxylation sites is 1. The first-order chi connectivity index (χ1) is 9.13. The monoisotopic (exact) mass is 368 g/mol. The summed E-state index contributed by atoms with van der Waals surface area (Å²) in [4.78, 5) is 11.7. The maximum Gasteiger partial charge on any atom is 0.166 e. The third kappa shape index (κ3) is 3.07. The summed E-state index contributed by atoms with van der Waals surface area (Å²) >= 11 is 1.98. The Balaban J connectivity index is 2.34. The Hall–Kier alpha value is -1.56. The number of phenols is 1. The van der Waals surface area contributed by atoms with Crippen molar-refractivity contribution in [3.8, 4) is 17.2 Å². The fraction of sp³-hybridized carbons (Fsp3) is 0.133. The van der Waals surface area contributed by atoms with E-state index >= 15 is 0 Å². The Bertz CT molecular complexity index is 594. The molecule has 0 aliphatic carbocycles. The number of aromatic hydroxyl groups is 1. The van der Waals surface area contributed by atoms with Gasteiger partial charge in [0.1, 0.15) is 17.2 Å². The second-order valence-corrected chi connectivity index (χ2v) is 5.04. The van der Waals surface area contributed by atoms with Crippen LogP contribution < -0.4 is 4.74 Å². The average Bonchev–Trinajstić information content (AvgIpc) is 2.44. The maximum atomic E-state index is 11.7. The molecule has 0 atom stereocenters. The summed E-state index contributed by atoms with van der Waals surface area (Å²) in [5, 5.41) is 10.0. The summed E-state index contributed by atoms with van der Waals surface area (Å²) in [6.07, 6.45) is 0.364. The number of carbonyl (C=O) groups is 1. The van der Waals surface area contributed by atoms with Crippen LogP contribution in [0.2, 0.25) is 0 Å². The van der Waals surface area contributed by atoms with Gasteiger partial charge in [0.25, 0.3) is 0 Å². The molecule has 2 aromatic carbocycles. The quantitative estimate of drug-likeness (QED) is 0.644. The number of Topliss-reactive ketones (excluding diaryl/α,β-unsaturated/α-hetero) is 1. The summed E-state index contributed by atoms with van der Waals surface area (Å²) in [5.41, 5.74) is 0.340. The van der Waals surface area contributed by atoms with Gasteiger partial charge >= 0.3 is 0 Å². The highest BCUT2D eigenvalue weighted by molar-refractivity contribution is 14.1. The Kier molecular flexibility index (Phi) is 4.42. The molecule has 19 heavy (non-hydrogen) atoms. The normalized spacial score (nSPS) is 10.2. The first-order valence-electron chi connectivity index (χ1n) is 5.91. The highest BCUT2D eigenvalue weighted by Crippen LogP contribution is 2.35. The van der Waals surface area contributed by atoms with E-state index in [2.05, 4.69) is 0 Å². The van der Waals surface area contributed by atoms with Crippen LogP contribution >= 0.6 is 22.6 Å². The number of phenolic OH excluding ortho intramolecular Hbond substituents is 1. The average molecular weight is 368 g/mol. The van der Waals surface area contributed by atoms with Crippen molar-refractivity contribution in [3.05, 3.63) is 51.6 Å². The summed E-state index contributed by atoms with van der Waals surface area (Å²) in [6, 6.07) is 12.6. The fourth-order valence-electron chi connectivity index (χ4n) is 1.66. The van der Waals surface area contributed by atoms with E-state index in [1.54, 1.807) is 19.1 Å². The van der Waals surface area contributed by atoms with Crippen molar-refractivity contribution in [1.29, 1.82) is 0 Å². The molecule has 0 radical (unpaired) electrons. The van der Waals surface area contributed by atoms with Crippen LogP contribution in [0.3, 0.4) is 0 Å². The minimum absolute atomic E-state index is 0.0131. The smallest absolute Gasteiger partial charge is 0.166 e. The molecule has 0 bridgehead atoms. The molecule has 0 unspecified atom stereocenters. The summed E-state index contributed by atoms with van der Waals surface area (Å²) < 4.78 is 6.22. The van der Waals surface area contributed by atoms with Crippen LogP contribution in [0.4, 0.5) is 0 Å². The van der Waals surface area contributed by atoms with Gasteiger partial charge in [0.2, 0.25) is 0 Å². The van der Waals surface area contributed by atoms with Crippen LogP contribution in [0.1, 0.15) is 23.7 Å². The van der Waals surface area contributed by atoms with Gasteiger partial charge < -0.3 is 9.84 Å². The van der Waals surface area contributed by atoms with E-state index in [-0.39, 0.29) is 11.5 Å². The molecule has 3 nitrogen and oxygen atoms in total. The second kappa shape index (κ2) is 6.06. The second-order valence-electron chi connectivity index (χ2n) is 3.97. The molecule has 0 aliphatic rings. The highest BCUT2D eigenvalue weighted by atomic mass is 127. The number of carbonyl (C=O) groups excluding carboxylic acids is 1. The van der Waals surface area contributed by atoms with E-state index in [0.717, 1.165) is 0 Å². The molecular weight excluding hydrogens is 355 g/mol. The number of hydrogen-bond acceptors (Lipinski definition) is 3. The summed E-state index contributed by atoms with van der Waals surface area (Å²) in [5.74, 6) is 1.13. The molecule has 0 amide bonds. The van der Waals surface area contributed by atoms with Crippen molar-refractivity contribution >= 4 is 28.4 Å². The largest absolute Gasteiger partial charge is 0.506 e. The molecule has 4 heteroatoms. The summed E-state index contributed by atoms with van der Waals surface area (Å²) in [6.45, 7) is 1.77. The van der Waals surface area contributed by atoms with Crippen molar-refractivity contribution in [2.24, 2.45) is 0 Å². The van der Waals surface area contributed by atoms with Gasteiger partial charge in [0.05, 0.1) is 9.13 Å². The van der Waals surface area contributed by atoms with Gasteiger partial charge in [0.15, 0.2) is 5.78 Å². The van der Waals surface area contributed by atoms with Gasteiger partial charge in [-0.05, 0) is 46.9 Å². The highest BCUT2D eigenvalue weighted by Gasteiger charge is 2.16. The van der Waals surface area contributed by atoms with Crippen molar-refractivity contribution in [3.63, 3.8) is 0 Å². The van der Waals surface area contributed by atoms with Crippen LogP contribution in [0, 0.1) is 3.57 Å². The molecule has 0 fully saturated rings. The zero-order valence-corrected chi connectivity index (χ0v) is 12.5. The Morgan fingerprint density at radius 1 is 1.21 bits per heavy atom. The topological polar surface area (TPSA) is 46.5 Å². The lowest BCUT2D eigenvalue weighted by atomic mass is 10.1. The predicted octanol–water partition coefficient (Wildman–Crippen LogP) is 4.38. The lowest BCUT2D eigenvalue weighted by Crippen LogP contribution is -1.99. The minimum Gasteiger partial charge on any atom is -0.506 e. The van der Waals surface area contributed by atoms with Crippen LogP contribution in [-0.2, 0) is 0 Å². The number of ether oxygens (including phenoxy) is 1. The van der Waals surface area contributed by atoms with Crippen molar-refractivity contribution in [2.45, 2.75) is 13.3 Å². The molecule has 0 aliphatic heterocycles. The maximum absolute atomic E-state index is 11.7. The van der Waals surface area contributed by atoms with Gasteiger partial charge in [0, 0.05) is 6.42 Å². The van der Waals surface area contributed by atoms with E-state index in [9.17, 15) is 9.90 Å². The minimum atomic E-state index is -0.0818. The molecule has 2 aromatic rings. The Labute approximate surface area is 125 Å². The number of hydrogen-bond donors (Lipinski definition) is 1. The first-order valence-corrected chi connectivity index (χ1v) is 6.99. The Morgan fingerprint density at radius 3 is 2.53 bits per heavy atom. The molecule has 0 aromatic heterocycles.